The van der Waals surface area contributed by atoms with Crippen LogP contribution in [0.3, 0.4) is 0 Å². The van der Waals surface area contributed by atoms with Gasteiger partial charge in [0.05, 0.1) is 0 Å². The Morgan fingerprint density at radius 3 is 1.94 bits per heavy atom. The lowest BCUT2D eigenvalue weighted by atomic mass is 9.82. The first-order valence-electron chi connectivity index (χ1n) is 8.12. The molecule has 0 aromatic rings. The lowest BCUT2D eigenvalue weighted by Gasteiger charge is -2.35. The van der Waals surface area contributed by atoms with E-state index in [1.54, 1.807) is 0 Å². The quantitative estimate of drug-likeness (QED) is 0.811. The highest BCUT2D eigenvalue weighted by molar-refractivity contribution is 4.78. The standard InChI is InChI=1S/C16H32N2/c1-13-4-6-16(7-5-13)12-18-10-8-14(2)17-15(3)9-11-18/h13-17H,4-12H2,1-3H3. The summed E-state index contributed by atoms with van der Waals surface area (Å²) < 4.78 is 0. The normalized spacial score (nSPS) is 40.2. The molecule has 2 nitrogen and oxygen atoms in total. The molecule has 2 unspecified atom stereocenters. The molecule has 1 saturated carbocycles. The van der Waals surface area contributed by atoms with Crippen molar-refractivity contribution in [3.05, 3.63) is 0 Å². The minimum atomic E-state index is 0.689. The van der Waals surface area contributed by atoms with Crippen LogP contribution in [0.1, 0.15) is 59.3 Å². The molecule has 1 N–H and O–H groups in total. The van der Waals surface area contributed by atoms with Crippen molar-refractivity contribution in [3.63, 3.8) is 0 Å². The van der Waals surface area contributed by atoms with Crippen molar-refractivity contribution >= 4 is 0 Å². The van der Waals surface area contributed by atoms with Crippen LogP contribution in [-0.4, -0.2) is 36.6 Å². The SMILES string of the molecule is CC1CCC(CN2CCC(C)NC(C)CC2)CC1. The fourth-order valence-corrected chi connectivity index (χ4v) is 3.58. The molecule has 2 rings (SSSR count). The van der Waals surface area contributed by atoms with Crippen LogP contribution >= 0.6 is 0 Å². The number of nitrogens with zero attached hydrogens (tertiary/aromatic N) is 1. The van der Waals surface area contributed by atoms with Crippen LogP contribution in [0.15, 0.2) is 0 Å². The molecule has 0 aromatic heterocycles. The molecule has 2 aliphatic rings. The van der Waals surface area contributed by atoms with E-state index in [1.807, 2.05) is 0 Å². The molecule has 1 aliphatic heterocycles. The third kappa shape index (κ3) is 4.55. The van der Waals surface area contributed by atoms with Gasteiger partial charge in [0.1, 0.15) is 0 Å². The molecule has 0 aromatic carbocycles. The van der Waals surface area contributed by atoms with E-state index in [0.29, 0.717) is 12.1 Å². The van der Waals surface area contributed by atoms with Crippen LogP contribution in [-0.2, 0) is 0 Å². The molecule has 2 heteroatoms. The molecule has 18 heavy (non-hydrogen) atoms. The first-order valence-corrected chi connectivity index (χ1v) is 8.12. The Morgan fingerprint density at radius 1 is 0.833 bits per heavy atom. The molecule has 2 fully saturated rings. The Kier molecular flexibility index (Phi) is 5.50. The topological polar surface area (TPSA) is 15.3 Å². The molecule has 2 atom stereocenters. The molecule has 0 amide bonds. The van der Waals surface area contributed by atoms with Gasteiger partial charge >= 0.3 is 0 Å². The zero-order valence-corrected chi connectivity index (χ0v) is 12.6. The predicted molar refractivity (Wildman–Crippen MR) is 78.9 cm³/mol. The highest BCUT2D eigenvalue weighted by atomic mass is 15.1. The van der Waals surface area contributed by atoms with Gasteiger partial charge in [0.25, 0.3) is 0 Å². The Bertz CT molecular complexity index is 221. The van der Waals surface area contributed by atoms with Gasteiger partial charge in [-0.2, -0.15) is 0 Å². The smallest absolute Gasteiger partial charge is 0.00533 e. The van der Waals surface area contributed by atoms with E-state index < -0.39 is 0 Å². The van der Waals surface area contributed by atoms with Crippen molar-refractivity contribution < 1.29 is 0 Å². The van der Waals surface area contributed by atoms with Crippen molar-refractivity contribution in [3.8, 4) is 0 Å². The molecule has 0 spiro atoms. The third-order valence-electron chi connectivity index (χ3n) is 4.98. The monoisotopic (exact) mass is 252 g/mol. The summed E-state index contributed by atoms with van der Waals surface area (Å²) >= 11 is 0. The maximum absolute atomic E-state index is 3.68. The van der Waals surface area contributed by atoms with Crippen molar-refractivity contribution in [2.45, 2.75) is 71.4 Å². The fraction of sp³-hybridized carbons (Fsp3) is 1.00. The van der Waals surface area contributed by atoms with Crippen LogP contribution in [0.5, 0.6) is 0 Å². The van der Waals surface area contributed by atoms with E-state index >= 15 is 0 Å². The van der Waals surface area contributed by atoms with Crippen molar-refractivity contribution in [2.75, 3.05) is 19.6 Å². The van der Waals surface area contributed by atoms with E-state index in [2.05, 4.69) is 31.0 Å². The average molecular weight is 252 g/mol. The van der Waals surface area contributed by atoms with E-state index in [-0.39, 0.29) is 0 Å². The van der Waals surface area contributed by atoms with Gasteiger partial charge in [-0.1, -0.05) is 19.8 Å². The first-order chi connectivity index (χ1) is 8.63. The highest BCUT2D eigenvalue weighted by Crippen LogP contribution is 2.29. The minimum Gasteiger partial charge on any atom is -0.312 e. The molecular weight excluding hydrogens is 220 g/mol. The van der Waals surface area contributed by atoms with Gasteiger partial charge in [-0.15, -0.1) is 0 Å². The van der Waals surface area contributed by atoms with Crippen LogP contribution in [0.25, 0.3) is 0 Å². The van der Waals surface area contributed by atoms with Gasteiger partial charge in [-0.3, -0.25) is 0 Å². The maximum atomic E-state index is 3.68. The van der Waals surface area contributed by atoms with Crippen LogP contribution < -0.4 is 5.32 Å². The summed E-state index contributed by atoms with van der Waals surface area (Å²) in [6, 6.07) is 1.38. The number of hydrogen-bond donors (Lipinski definition) is 1. The summed E-state index contributed by atoms with van der Waals surface area (Å²) in [5, 5.41) is 3.68. The summed E-state index contributed by atoms with van der Waals surface area (Å²) in [5.74, 6) is 1.97. The van der Waals surface area contributed by atoms with Crippen molar-refractivity contribution in [2.24, 2.45) is 11.8 Å². The summed E-state index contributed by atoms with van der Waals surface area (Å²) in [6.45, 7) is 11.1. The second kappa shape index (κ2) is 6.91. The second-order valence-electron chi connectivity index (χ2n) is 6.97. The third-order valence-corrected chi connectivity index (χ3v) is 4.98. The van der Waals surface area contributed by atoms with Crippen LogP contribution in [0.4, 0.5) is 0 Å². The summed E-state index contributed by atoms with van der Waals surface area (Å²) in [7, 11) is 0. The molecular formula is C16H32N2. The molecule has 1 saturated heterocycles. The van der Waals surface area contributed by atoms with Crippen LogP contribution in [0.2, 0.25) is 0 Å². The van der Waals surface area contributed by atoms with E-state index in [4.69, 9.17) is 0 Å². The van der Waals surface area contributed by atoms with Gasteiger partial charge < -0.3 is 10.2 Å². The lowest BCUT2D eigenvalue weighted by Crippen LogP contribution is -2.44. The largest absolute Gasteiger partial charge is 0.312 e. The molecule has 106 valence electrons. The van der Waals surface area contributed by atoms with Gasteiger partial charge in [0.2, 0.25) is 0 Å². The highest BCUT2D eigenvalue weighted by Gasteiger charge is 2.22. The van der Waals surface area contributed by atoms with Crippen LogP contribution in [0, 0.1) is 11.8 Å². The summed E-state index contributed by atoms with van der Waals surface area (Å²) in [5.41, 5.74) is 0. The van der Waals surface area contributed by atoms with E-state index in [1.165, 1.54) is 58.2 Å². The van der Waals surface area contributed by atoms with Crippen molar-refractivity contribution in [1.82, 2.24) is 10.2 Å². The first kappa shape index (κ1) is 14.3. The Labute approximate surface area is 114 Å². The molecule has 0 radical (unpaired) electrons. The van der Waals surface area contributed by atoms with E-state index in [9.17, 15) is 0 Å². The second-order valence-corrected chi connectivity index (χ2v) is 6.97. The number of rotatable bonds is 2. The lowest BCUT2D eigenvalue weighted by molar-refractivity contribution is 0.161. The molecule has 1 aliphatic carbocycles. The van der Waals surface area contributed by atoms with E-state index in [0.717, 1.165) is 11.8 Å². The zero-order valence-electron chi connectivity index (χ0n) is 12.6. The molecule has 1 heterocycles. The predicted octanol–water partition coefficient (Wildman–Crippen LogP) is 3.28. The summed E-state index contributed by atoms with van der Waals surface area (Å²) in [4.78, 5) is 2.74. The van der Waals surface area contributed by atoms with Gasteiger partial charge in [-0.25, -0.2) is 0 Å². The minimum absolute atomic E-state index is 0.689. The Morgan fingerprint density at radius 2 is 1.39 bits per heavy atom. The number of hydrogen-bond acceptors (Lipinski definition) is 2. The van der Waals surface area contributed by atoms with Crippen molar-refractivity contribution in [1.29, 1.82) is 0 Å². The van der Waals surface area contributed by atoms with Gasteiger partial charge in [-0.05, 0) is 64.5 Å². The molecule has 0 bridgehead atoms. The number of nitrogens with one attached hydrogen (secondary N) is 1. The maximum Gasteiger partial charge on any atom is 0.00533 e. The Hall–Kier alpha value is -0.0800. The van der Waals surface area contributed by atoms with Gasteiger partial charge in [0, 0.05) is 18.6 Å². The Balaban J connectivity index is 1.77. The summed E-state index contributed by atoms with van der Waals surface area (Å²) in [6.07, 6.45) is 8.50. The fourth-order valence-electron chi connectivity index (χ4n) is 3.58. The van der Waals surface area contributed by atoms with Gasteiger partial charge in [0.15, 0.2) is 0 Å². The average Bonchev–Trinajstić information content (AvgIpc) is 2.33. The zero-order chi connectivity index (χ0) is 13.0.